The predicted octanol–water partition coefficient (Wildman–Crippen LogP) is 6.34. The minimum Gasteiger partial charge on any atom is -0.315 e. The lowest BCUT2D eigenvalue weighted by molar-refractivity contribution is -0.148. The second-order valence-electron chi connectivity index (χ2n) is 10.1. The molecule has 5 rings (SSSR count). The van der Waals surface area contributed by atoms with Crippen LogP contribution in [0.15, 0.2) is 103 Å². The summed E-state index contributed by atoms with van der Waals surface area (Å²) in [7, 11) is 0. The summed E-state index contributed by atoms with van der Waals surface area (Å²) >= 11 is 6.91. The Morgan fingerprint density at radius 1 is 0.897 bits per heavy atom. The van der Waals surface area contributed by atoms with Gasteiger partial charge in [0.2, 0.25) is 0 Å². The smallest absolute Gasteiger partial charge is 0.315 e. The summed E-state index contributed by atoms with van der Waals surface area (Å²) in [4.78, 5) is 20.9. The maximum atomic E-state index is 13.9. The van der Waals surface area contributed by atoms with Gasteiger partial charge < -0.3 is 4.84 Å². The fourth-order valence-corrected chi connectivity index (χ4v) is 5.27. The number of aromatic nitrogens is 3. The summed E-state index contributed by atoms with van der Waals surface area (Å²) in [6, 6.07) is 32.8. The molecule has 2 atom stereocenters. The number of fused-ring (bicyclic) bond motifs is 1. The molecule has 39 heavy (non-hydrogen) atoms. The number of hydrogen-bond acceptors (Lipinski definition) is 5. The van der Waals surface area contributed by atoms with Gasteiger partial charge in [0.25, 0.3) is 0 Å². The van der Waals surface area contributed by atoms with Crippen LogP contribution >= 0.6 is 11.6 Å². The molecule has 1 aromatic heterocycles. The molecule has 198 valence electrons. The van der Waals surface area contributed by atoms with Crippen molar-refractivity contribution in [3.05, 3.63) is 130 Å². The van der Waals surface area contributed by atoms with E-state index in [9.17, 15) is 4.79 Å². The van der Waals surface area contributed by atoms with Crippen molar-refractivity contribution in [3.63, 3.8) is 0 Å². The van der Waals surface area contributed by atoms with Crippen molar-refractivity contribution in [3.8, 4) is 0 Å². The van der Waals surface area contributed by atoms with Gasteiger partial charge in [0.1, 0.15) is 17.1 Å². The van der Waals surface area contributed by atoms with Crippen molar-refractivity contribution in [1.29, 1.82) is 0 Å². The lowest BCUT2D eigenvalue weighted by Crippen LogP contribution is -2.54. The Labute approximate surface area is 233 Å². The van der Waals surface area contributed by atoms with Crippen molar-refractivity contribution in [2.75, 3.05) is 0 Å². The highest BCUT2D eigenvalue weighted by Crippen LogP contribution is 2.41. The van der Waals surface area contributed by atoms with Gasteiger partial charge in [-0.25, -0.2) is 4.79 Å². The number of halogens is 1. The molecule has 0 aliphatic rings. The Kier molecular flexibility index (Phi) is 7.77. The zero-order chi connectivity index (χ0) is 27.4. The zero-order valence-corrected chi connectivity index (χ0v) is 23.0. The number of nitrogens with one attached hydrogen (secondary N) is 1. The molecule has 0 spiro atoms. The summed E-state index contributed by atoms with van der Waals surface area (Å²) in [5.74, 6) is -0.265. The van der Waals surface area contributed by atoms with E-state index in [1.807, 2.05) is 66.7 Å². The third kappa shape index (κ3) is 5.44. The monoisotopic (exact) mass is 538 g/mol. The maximum Gasteiger partial charge on any atom is 0.351 e. The molecular weight excluding hydrogens is 508 g/mol. The molecule has 0 saturated heterocycles. The number of rotatable bonds is 9. The number of aryl methyl sites for hydroxylation is 1. The highest BCUT2D eigenvalue weighted by atomic mass is 35.5. The van der Waals surface area contributed by atoms with E-state index in [1.54, 1.807) is 0 Å². The molecule has 0 amide bonds. The largest absolute Gasteiger partial charge is 0.351 e. The molecule has 7 heteroatoms. The zero-order valence-electron chi connectivity index (χ0n) is 22.2. The standard InChI is InChI=1S/C32H31ClN4O2/c1-22(2)21-29(31(38)39-37-30-16-10-9-15-28(30)35-36-37)34-32(24-11-5-4-6-12-24,25-19-17-23(3)18-20-25)26-13-7-8-14-27(26)33/h4-20,22,29,34H,21H2,1-3H3/t29-,32?/m0/s1. The first-order chi connectivity index (χ1) is 18.9. The number of para-hydroxylation sites is 1. The van der Waals surface area contributed by atoms with Crippen LogP contribution < -0.4 is 10.2 Å². The molecule has 1 unspecified atom stereocenters. The minimum absolute atomic E-state index is 0.195. The van der Waals surface area contributed by atoms with E-state index in [2.05, 4.69) is 72.8 Å². The van der Waals surface area contributed by atoms with Crippen molar-refractivity contribution in [1.82, 2.24) is 20.5 Å². The predicted molar refractivity (Wildman–Crippen MR) is 154 cm³/mol. The summed E-state index contributed by atoms with van der Waals surface area (Å²) in [6.07, 6.45) is 0.524. The van der Waals surface area contributed by atoms with Gasteiger partial charge in [-0.2, -0.15) is 0 Å². The highest BCUT2D eigenvalue weighted by molar-refractivity contribution is 6.31. The summed E-state index contributed by atoms with van der Waals surface area (Å²) < 4.78 is 0. The van der Waals surface area contributed by atoms with E-state index in [1.165, 1.54) is 4.85 Å². The average Bonchev–Trinajstić information content (AvgIpc) is 3.35. The Morgan fingerprint density at radius 3 is 2.26 bits per heavy atom. The molecular formula is C32H31ClN4O2. The molecule has 0 aliphatic heterocycles. The second kappa shape index (κ2) is 11.4. The number of hydrogen-bond donors (Lipinski definition) is 1. The maximum absolute atomic E-state index is 13.9. The highest BCUT2D eigenvalue weighted by Gasteiger charge is 2.42. The molecule has 1 N–H and O–H groups in total. The number of nitrogens with zero attached hydrogens (tertiary/aromatic N) is 3. The van der Waals surface area contributed by atoms with Crippen molar-refractivity contribution < 1.29 is 9.63 Å². The minimum atomic E-state index is -0.948. The third-order valence-electron chi connectivity index (χ3n) is 6.85. The molecule has 0 bridgehead atoms. The van der Waals surface area contributed by atoms with E-state index in [4.69, 9.17) is 16.4 Å². The molecule has 0 fully saturated rings. The van der Waals surface area contributed by atoms with Crippen LogP contribution in [-0.2, 0) is 10.3 Å². The van der Waals surface area contributed by atoms with E-state index in [-0.39, 0.29) is 5.92 Å². The van der Waals surface area contributed by atoms with E-state index < -0.39 is 17.6 Å². The fourth-order valence-electron chi connectivity index (χ4n) is 4.99. The summed E-state index contributed by atoms with van der Waals surface area (Å²) in [5, 5.41) is 12.5. The van der Waals surface area contributed by atoms with E-state index in [0.29, 0.717) is 22.5 Å². The Balaban J connectivity index is 1.66. The molecule has 0 saturated carbocycles. The Hall–Kier alpha value is -4.00. The fraction of sp³-hybridized carbons (Fsp3) is 0.219. The topological polar surface area (TPSA) is 69.0 Å². The van der Waals surface area contributed by atoms with Gasteiger partial charge in [-0.3, -0.25) is 5.32 Å². The van der Waals surface area contributed by atoms with Crippen LogP contribution in [-0.4, -0.2) is 27.2 Å². The Morgan fingerprint density at radius 2 is 1.54 bits per heavy atom. The molecule has 6 nitrogen and oxygen atoms in total. The number of benzene rings is 4. The Bertz CT molecular complexity index is 1570. The van der Waals surface area contributed by atoms with Crippen LogP contribution in [0.5, 0.6) is 0 Å². The van der Waals surface area contributed by atoms with E-state index in [0.717, 1.165) is 22.3 Å². The number of carbonyl (C=O) groups is 1. The lowest BCUT2D eigenvalue weighted by Gasteiger charge is -2.40. The first-order valence-electron chi connectivity index (χ1n) is 13.1. The van der Waals surface area contributed by atoms with Gasteiger partial charge in [0.05, 0.1) is 5.54 Å². The van der Waals surface area contributed by atoms with Crippen LogP contribution in [0.2, 0.25) is 5.02 Å². The lowest BCUT2D eigenvalue weighted by atomic mass is 9.76. The first-order valence-corrected chi connectivity index (χ1v) is 13.4. The normalized spacial score (nSPS) is 13.8. The SMILES string of the molecule is Cc1ccc(C(N[C@@H](CC(C)C)C(=O)On2nnc3ccccc32)(c2ccccc2)c2ccccc2Cl)cc1. The quantitative estimate of drug-likeness (QED) is 0.175. The van der Waals surface area contributed by atoms with Gasteiger partial charge in [-0.15, -0.1) is 5.10 Å². The molecule has 0 radical (unpaired) electrons. The molecule has 5 aromatic rings. The van der Waals surface area contributed by atoms with E-state index >= 15 is 0 Å². The van der Waals surface area contributed by atoms with Gasteiger partial charge in [-0.1, -0.05) is 121 Å². The van der Waals surface area contributed by atoms with Gasteiger partial charge in [0.15, 0.2) is 0 Å². The van der Waals surface area contributed by atoms with Crippen LogP contribution in [0.3, 0.4) is 0 Å². The van der Waals surface area contributed by atoms with Crippen molar-refractivity contribution in [2.45, 2.75) is 38.8 Å². The first kappa shape index (κ1) is 26.6. The third-order valence-corrected chi connectivity index (χ3v) is 7.18. The molecule has 1 heterocycles. The molecule has 0 aliphatic carbocycles. The van der Waals surface area contributed by atoms with Crippen LogP contribution in [0.25, 0.3) is 11.0 Å². The molecule has 4 aromatic carbocycles. The summed E-state index contributed by atoms with van der Waals surface area (Å²) in [5.41, 5.74) is 4.21. The average molecular weight is 539 g/mol. The van der Waals surface area contributed by atoms with Crippen LogP contribution in [0.1, 0.15) is 42.5 Å². The van der Waals surface area contributed by atoms with Crippen molar-refractivity contribution >= 4 is 28.6 Å². The van der Waals surface area contributed by atoms with Crippen molar-refractivity contribution in [2.24, 2.45) is 5.92 Å². The van der Waals surface area contributed by atoms with Gasteiger partial charge in [0, 0.05) is 5.02 Å². The second-order valence-corrected chi connectivity index (χ2v) is 10.6. The van der Waals surface area contributed by atoms with Gasteiger partial charge >= 0.3 is 5.97 Å². The van der Waals surface area contributed by atoms with Crippen LogP contribution in [0.4, 0.5) is 0 Å². The summed E-state index contributed by atoms with van der Waals surface area (Å²) in [6.45, 7) is 6.22. The number of carbonyl (C=O) groups excluding carboxylic acids is 1. The van der Waals surface area contributed by atoms with Crippen LogP contribution in [0, 0.1) is 12.8 Å². The van der Waals surface area contributed by atoms with Gasteiger partial charge in [-0.05, 0) is 59.4 Å².